The van der Waals surface area contributed by atoms with Crippen LogP contribution in [0.4, 0.5) is 0 Å². The van der Waals surface area contributed by atoms with Crippen molar-refractivity contribution in [3.05, 3.63) is 23.8 Å². The number of halogens is 1. The van der Waals surface area contributed by atoms with Gasteiger partial charge in [0.05, 0.1) is 20.6 Å². The summed E-state index contributed by atoms with van der Waals surface area (Å²) in [6.07, 6.45) is 9.86. The van der Waals surface area contributed by atoms with Crippen molar-refractivity contribution in [3.8, 4) is 0 Å². The highest BCUT2D eigenvalue weighted by atomic mass is 79.9. The Kier molecular flexibility index (Phi) is 7.05. The molecule has 1 nitrogen and oxygen atoms in total. The van der Waals surface area contributed by atoms with E-state index in [9.17, 15) is 0 Å². The summed E-state index contributed by atoms with van der Waals surface area (Å²) in [4.78, 5) is 0. The number of hydrogen-bond acceptors (Lipinski definition) is 0. The van der Waals surface area contributed by atoms with Gasteiger partial charge in [0.2, 0.25) is 0 Å². The third-order valence-electron chi connectivity index (χ3n) is 5.09. The van der Waals surface area contributed by atoms with E-state index in [-0.39, 0.29) is 17.0 Å². The minimum absolute atomic E-state index is 0. The maximum Gasteiger partial charge on any atom is 0.104 e. The summed E-state index contributed by atoms with van der Waals surface area (Å²) in [7, 11) is 4.62. The minimum atomic E-state index is 0. The number of likely N-dealkylation sites (N-methyl/N-ethyl adjacent to an activating group) is 1. The SMILES string of the molecule is CC[N+](C)(C)C(C)C=CC1C(C)=CCCC1(C)C.[Br-]. The van der Waals surface area contributed by atoms with Crippen LogP contribution in [0, 0.1) is 11.3 Å². The van der Waals surface area contributed by atoms with E-state index in [1.807, 2.05) is 0 Å². The average molecular weight is 330 g/mol. The van der Waals surface area contributed by atoms with Gasteiger partial charge in [-0.1, -0.05) is 31.6 Å². The largest absolute Gasteiger partial charge is 1.00 e. The quantitative estimate of drug-likeness (QED) is 0.540. The molecule has 0 saturated heterocycles. The van der Waals surface area contributed by atoms with Gasteiger partial charge in [-0.25, -0.2) is 0 Å². The molecule has 1 aliphatic carbocycles. The van der Waals surface area contributed by atoms with Crippen molar-refractivity contribution < 1.29 is 21.5 Å². The van der Waals surface area contributed by atoms with Crippen LogP contribution in [-0.4, -0.2) is 31.2 Å². The first-order chi connectivity index (χ1) is 8.20. The first-order valence-electron chi connectivity index (χ1n) is 7.38. The molecule has 0 heterocycles. The Hall–Kier alpha value is -0.0800. The van der Waals surface area contributed by atoms with Crippen molar-refractivity contribution >= 4 is 0 Å². The van der Waals surface area contributed by atoms with Crippen molar-refractivity contribution in [2.24, 2.45) is 11.3 Å². The van der Waals surface area contributed by atoms with E-state index in [0.717, 1.165) is 4.48 Å². The molecule has 0 aromatic carbocycles. The molecular weight excluding hydrogens is 298 g/mol. The maximum atomic E-state index is 2.46. The van der Waals surface area contributed by atoms with E-state index in [2.05, 4.69) is 66.9 Å². The normalized spacial score (nSPS) is 24.8. The lowest BCUT2D eigenvalue weighted by atomic mass is 9.68. The minimum Gasteiger partial charge on any atom is -1.00 e. The Morgan fingerprint density at radius 3 is 2.47 bits per heavy atom. The van der Waals surface area contributed by atoms with E-state index in [0.29, 0.717) is 17.4 Å². The van der Waals surface area contributed by atoms with E-state index in [4.69, 9.17) is 0 Å². The fraction of sp³-hybridized carbons (Fsp3) is 0.765. The molecule has 2 unspecified atom stereocenters. The van der Waals surface area contributed by atoms with Gasteiger partial charge in [-0.15, -0.1) is 0 Å². The Labute approximate surface area is 131 Å². The predicted molar refractivity (Wildman–Crippen MR) is 81.5 cm³/mol. The van der Waals surface area contributed by atoms with Gasteiger partial charge in [0.15, 0.2) is 0 Å². The lowest BCUT2D eigenvalue weighted by Gasteiger charge is -2.38. The van der Waals surface area contributed by atoms with Crippen LogP contribution in [-0.2, 0) is 0 Å². The molecule has 0 aromatic heterocycles. The fourth-order valence-electron chi connectivity index (χ4n) is 2.78. The van der Waals surface area contributed by atoms with Crippen LogP contribution in [0.15, 0.2) is 23.8 Å². The third kappa shape index (κ3) is 4.75. The number of allylic oxidation sites excluding steroid dienone is 3. The lowest BCUT2D eigenvalue weighted by molar-refractivity contribution is -0.904. The molecule has 1 aliphatic rings. The molecule has 0 saturated carbocycles. The number of quaternary nitrogens is 1. The van der Waals surface area contributed by atoms with Gasteiger partial charge in [0.25, 0.3) is 0 Å². The topological polar surface area (TPSA) is 0 Å². The molecule has 0 bridgehead atoms. The van der Waals surface area contributed by atoms with Crippen molar-refractivity contribution in [1.29, 1.82) is 0 Å². The zero-order chi connectivity index (χ0) is 14.0. The highest BCUT2D eigenvalue weighted by Crippen LogP contribution is 2.41. The molecule has 0 fully saturated rings. The van der Waals surface area contributed by atoms with Gasteiger partial charge in [-0.3, -0.25) is 0 Å². The summed E-state index contributed by atoms with van der Waals surface area (Å²) in [5.74, 6) is 0.616. The average Bonchev–Trinajstić information content (AvgIpc) is 2.27. The van der Waals surface area contributed by atoms with Gasteiger partial charge in [0.1, 0.15) is 6.04 Å². The van der Waals surface area contributed by atoms with E-state index >= 15 is 0 Å². The molecule has 0 spiro atoms. The van der Waals surface area contributed by atoms with E-state index in [1.165, 1.54) is 19.4 Å². The molecule has 0 radical (unpaired) electrons. The van der Waals surface area contributed by atoms with Crippen LogP contribution in [0.25, 0.3) is 0 Å². The van der Waals surface area contributed by atoms with Crippen LogP contribution in [0.2, 0.25) is 0 Å². The smallest absolute Gasteiger partial charge is 0.104 e. The third-order valence-corrected chi connectivity index (χ3v) is 5.09. The lowest BCUT2D eigenvalue weighted by Crippen LogP contribution is -3.00. The Morgan fingerprint density at radius 2 is 2.00 bits per heavy atom. The predicted octanol–water partition coefficient (Wildman–Crippen LogP) is 1.41. The number of nitrogens with zero attached hydrogens (tertiary/aromatic N) is 1. The van der Waals surface area contributed by atoms with Gasteiger partial charge in [0, 0.05) is 5.92 Å². The number of rotatable bonds is 4. The van der Waals surface area contributed by atoms with Crippen LogP contribution in [0.1, 0.15) is 47.5 Å². The summed E-state index contributed by atoms with van der Waals surface area (Å²) in [6.45, 7) is 12.9. The van der Waals surface area contributed by atoms with Crippen LogP contribution >= 0.6 is 0 Å². The highest BCUT2D eigenvalue weighted by molar-refractivity contribution is 5.19. The van der Waals surface area contributed by atoms with Crippen LogP contribution in [0.5, 0.6) is 0 Å². The van der Waals surface area contributed by atoms with Gasteiger partial charge >= 0.3 is 0 Å². The van der Waals surface area contributed by atoms with Gasteiger partial charge < -0.3 is 21.5 Å². The second kappa shape index (κ2) is 7.08. The molecule has 112 valence electrons. The Bertz CT molecular complexity index is 339. The Balaban J connectivity index is 0.00000324. The summed E-state index contributed by atoms with van der Waals surface area (Å²) >= 11 is 0. The zero-order valence-corrected chi connectivity index (χ0v) is 15.4. The molecule has 1 rings (SSSR count). The van der Waals surface area contributed by atoms with Crippen molar-refractivity contribution in [1.82, 2.24) is 0 Å². The van der Waals surface area contributed by atoms with Crippen molar-refractivity contribution in [3.63, 3.8) is 0 Å². The van der Waals surface area contributed by atoms with Crippen molar-refractivity contribution in [2.45, 2.75) is 53.5 Å². The van der Waals surface area contributed by atoms with E-state index < -0.39 is 0 Å². The van der Waals surface area contributed by atoms with Gasteiger partial charge in [-0.05, 0) is 45.1 Å². The monoisotopic (exact) mass is 329 g/mol. The molecule has 2 heteroatoms. The second-order valence-corrected chi connectivity index (χ2v) is 7.17. The first-order valence-corrected chi connectivity index (χ1v) is 7.38. The molecule has 0 amide bonds. The molecule has 2 atom stereocenters. The van der Waals surface area contributed by atoms with Crippen LogP contribution < -0.4 is 17.0 Å². The summed E-state index contributed by atoms with van der Waals surface area (Å²) in [5, 5.41) is 0. The summed E-state index contributed by atoms with van der Waals surface area (Å²) < 4.78 is 1.06. The number of hydrogen-bond donors (Lipinski definition) is 0. The van der Waals surface area contributed by atoms with Crippen molar-refractivity contribution in [2.75, 3.05) is 20.6 Å². The fourth-order valence-corrected chi connectivity index (χ4v) is 2.78. The summed E-state index contributed by atoms with van der Waals surface area (Å²) in [5.41, 5.74) is 1.97. The van der Waals surface area contributed by atoms with Gasteiger partial charge in [-0.2, -0.15) is 0 Å². The maximum absolute atomic E-state index is 2.46. The zero-order valence-electron chi connectivity index (χ0n) is 13.8. The molecule has 19 heavy (non-hydrogen) atoms. The standard InChI is InChI=1S/C17H32N.BrH/c1-8-18(6,7)15(3)11-12-16-14(2)10-9-13-17(16,4)5;/h10-12,15-16H,8-9,13H2,1-7H3;1H/q+1;/p-1. The molecule has 0 aromatic rings. The molecule has 0 aliphatic heterocycles. The highest BCUT2D eigenvalue weighted by Gasteiger charge is 2.31. The van der Waals surface area contributed by atoms with E-state index in [1.54, 1.807) is 5.57 Å². The molecular formula is C17H32BrN. The molecule has 0 N–H and O–H groups in total. The Morgan fingerprint density at radius 1 is 1.42 bits per heavy atom. The first kappa shape index (κ1) is 18.9. The summed E-state index contributed by atoms with van der Waals surface area (Å²) in [6, 6.07) is 0.584. The van der Waals surface area contributed by atoms with Crippen LogP contribution in [0.3, 0.4) is 0 Å². The second-order valence-electron chi connectivity index (χ2n) is 7.17.